The number of carboxylic acids is 2. The van der Waals surface area contributed by atoms with Crippen LogP contribution in [0.4, 0.5) is 0 Å². The zero-order valence-corrected chi connectivity index (χ0v) is 22.1. The van der Waals surface area contributed by atoms with Crippen molar-refractivity contribution < 1.29 is 48.8 Å². The van der Waals surface area contributed by atoms with Gasteiger partial charge in [-0.05, 0) is 49.4 Å². The van der Waals surface area contributed by atoms with Crippen LogP contribution in [0.1, 0.15) is 45.1 Å². The fraction of sp³-hybridized carbons (Fsp3) is 0.520. The number of phenols is 1. The maximum absolute atomic E-state index is 14.0. The van der Waals surface area contributed by atoms with Crippen LogP contribution in [0.3, 0.4) is 0 Å². The molecule has 1 aromatic carbocycles. The standard InChI is InChI=1S/C25H34N6O9/c1-14(2)24(27)22(39)40-23(10-3-11-26,19(34)9-6-15-4-7-16(32)8-5-15)25(28,21(37)38)31(24)17(12-20(35)36)18(33)13-30-29/h4-5,7-8,13-14,17,32H,3,6,9-12,26-28H2,1-2H3,(H,35,36)(H,37,38). The first-order valence-electron chi connectivity index (χ1n) is 12.4. The third-order valence-electron chi connectivity index (χ3n) is 7.15. The van der Waals surface area contributed by atoms with E-state index in [0.29, 0.717) is 16.7 Å². The predicted octanol–water partition coefficient (Wildman–Crippen LogP) is -1.01. The number of phenolic OH excluding ortho intramolecular Hbond substituents is 1. The first-order valence-corrected chi connectivity index (χ1v) is 12.4. The Bertz CT molecular complexity index is 1220. The van der Waals surface area contributed by atoms with Gasteiger partial charge in [-0.3, -0.25) is 20.1 Å². The molecule has 1 fully saturated rings. The number of esters is 1. The predicted molar refractivity (Wildman–Crippen MR) is 137 cm³/mol. The number of cyclic esters (lactones) is 1. The van der Waals surface area contributed by atoms with Gasteiger partial charge in [-0.2, -0.15) is 4.79 Å². The zero-order chi connectivity index (χ0) is 30.5. The van der Waals surface area contributed by atoms with Gasteiger partial charge in [-0.15, -0.1) is 0 Å². The average molecular weight is 563 g/mol. The molecule has 1 aliphatic rings. The van der Waals surface area contributed by atoms with E-state index in [1.807, 2.05) is 0 Å². The summed E-state index contributed by atoms with van der Waals surface area (Å²) in [6.45, 7) is 2.70. The molecule has 218 valence electrons. The average Bonchev–Trinajstić information content (AvgIpc) is 2.88. The van der Waals surface area contributed by atoms with Gasteiger partial charge in [-0.1, -0.05) is 26.0 Å². The SMILES string of the molecule is CC(C)C1(N)C(=O)OC(CCCN)(C(=O)CCc2ccc(O)cc2)C(N)(C(=O)O)N1C(CC(=O)O)C(=O)C=[N+]=[N-]. The molecule has 4 unspecified atom stereocenters. The highest BCUT2D eigenvalue weighted by Crippen LogP contribution is 2.46. The summed E-state index contributed by atoms with van der Waals surface area (Å²) in [7, 11) is 0. The molecule has 2 rings (SSSR count). The van der Waals surface area contributed by atoms with Crippen LogP contribution >= 0.6 is 0 Å². The lowest BCUT2D eigenvalue weighted by molar-refractivity contribution is -0.250. The van der Waals surface area contributed by atoms with Crippen LogP contribution in [0.25, 0.3) is 5.53 Å². The van der Waals surface area contributed by atoms with Gasteiger partial charge in [-0.25, -0.2) is 14.5 Å². The number of carboxylic acid groups (broad SMARTS) is 2. The van der Waals surface area contributed by atoms with Crippen LogP contribution in [-0.2, 0) is 35.1 Å². The van der Waals surface area contributed by atoms with Crippen molar-refractivity contribution in [2.45, 2.75) is 68.9 Å². The summed E-state index contributed by atoms with van der Waals surface area (Å²) in [5.74, 6) is -8.09. The van der Waals surface area contributed by atoms with E-state index in [1.165, 1.54) is 38.1 Å². The number of aliphatic carboxylic acids is 2. The van der Waals surface area contributed by atoms with Gasteiger partial charge < -0.3 is 37.1 Å². The number of rotatable bonds is 14. The second kappa shape index (κ2) is 12.4. The Hall–Kier alpha value is -4.01. The monoisotopic (exact) mass is 562 g/mol. The molecule has 1 aromatic rings. The van der Waals surface area contributed by atoms with Gasteiger partial charge in [0.25, 0.3) is 5.78 Å². The first kappa shape index (κ1) is 32.2. The Kier molecular flexibility index (Phi) is 10.0. The molecular formula is C25H34N6O9. The van der Waals surface area contributed by atoms with Crippen molar-refractivity contribution in [3.63, 3.8) is 0 Å². The van der Waals surface area contributed by atoms with Crippen LogP contribution in [0.2, 0.25) is 0 Å². The van der Waals surface area contributed by atoms with Gasteiger partial charge in [0.2, 0.25) is 11.3 Å². The number of hydrogen-bond acceptors (Lipinski definition) is 11. The van der Waals surface area contributed by atoms with Gasteiger partial charge in [0.1, 0.15) is 5.75 Å². The van der Waals surface area contributed by atoms with Crippen molar-refractivity contribution in [2.24, 2.45) is 23.1 Å². The Morgan fingerprint density at radius 1 is 1.15 bits per heavy atom. The second-order valence-electron chi connectivity index (χ2n) is 9.88. The largest absolute Gasteiger partial charge is 0.508 e. The number of carbonyl (C=O) groups is 5. The van der Waals surface area contributed by atoms with Crippen molar-refractivity contribution in [1.82, 2.24) is 4.90 Å². The van der Waals surface area contributed by atoms with Crippen LogP contribution in [-0.4, -0.2) is 90.2 Å². The zero-order valence-electron chi connectivity index (χ0n) is 22.1. The minimum absolute atomic E-state index is 0.0172. The highest BCUT2D eigenvalue weighted by atomic mass is 16.6. The van der Waals surface area contributed by atoms with Crippen LogP contribution in [0.15, 0.2) is 24.3 Å². The first-order chi connectivity index (χ1) is 18.6. The fourth-order valence-corrected chi connectivity index (χ4v) is 4.95. The van der Waals surface area contributed by atoms with Gasteiger partial charge in [0, 0.05) is 6.42 Å². The molecule has 4 atom stereocenters. The maximum Gasteiger partial charge on any atom is 0.343 e. The third kappa shape index (κ3) is 5.64. The number of morpholine rings is 1. The molecule has 1 aliphatic heterocycles. The number of aromatic hydroxyl groups is 1. The third-order valence-corrected chi connectivity index (χ3v) is 7.15. The molecule has 9 N–H and O–H groups in total. The lowest BCUT2D eigenvalue weighted by Gasteiger charge is -2.60. The molecule has 0 aromatic heterocycles. The molecule has 0 amide bonds. The molecule has 0 aliphatic carbocycles. The quantitative estimate of drug-likeness (QED) is 0.0687. The van der Waals surface area contributed by atoms with E-state index in [1.54, 1.807) is 0 Å². The molecule has 0 saturated carbocycles. The normalized spacial score (nSPS) is 25.5. The van der Waals surface area contributed by atoms with Crippen molar-refractivity contribution in [3.8, 4) is 5.75 Å². The van der Waals surface area contributed by atoms with E-state index in [-0.39, 0.29) is 25.1 Å². The number of nitrogens with zero attached hydrogens (tertiary/aromatic N) is 3. The summed E-state index contributed by atoms with van der Waals surface area (Å²) in [4.78, 5) is 68.7. The van der Waals surface area contributed by atoms with Crippen molar-refractivity contribution in [1.29, 1.82) is 0 Å². The number of hydrogen-bond donors (Lipinski definition) is 6. The Labute approximate surface area is 229 Å². The summed E-state index contributed by atoms with van der Waals surface area (Å²) < 4.78 is 5.63. The molecule has 1 saturated heterocycles. The molecule has 15 nitrogen and oxygen atoms in total. The van der Waals surface area contributed by atoms with Gasteiger partial charge in [0.05, 0.1) is 12.5 Å². The summed E-state index contributed by atoms with van der Waals surface area (Å²) in [5, 5.41) is 29.7. The molecular weight excluding hydrogens is 528 g/mol. The van der Waals surface area contributed by atoms with E-state index >= 15 is 0 Å². The lowest BCUT2D eigenvalue weighted by Crippen LogP contribution is -2.91. The van der Waals surface area contributed by atoms with Crippen molar-refractivity contribution in [2.75, 3.05) is 6.54 Å². The minimum Gasteiger partial charge on any atom is -0.508 e. The number of nitrogens with two attached hydrogens (primary N) is 3. The number of carbonyl (C=O) groups excluding carboxylic acids is 3. The smallest absolute Gasteiger partial charge is 0.343 e. The lowest BCUT2D eigenvalue weighted by atomic mass is 9.71. The topological polar surface area (TPSA) is 273 Å². The van der Waals surface area contributed by atoms with E-state index in [9.17, 15) is 39.3 Å². The van der Waals surface area contributed by atoms with Gasteiger partial charge in [0.15, 0.2) is 11.4 Å². The molecule has 1 heterocycles. The summed E-state index contributed by atoms with van der Waals surface area (Å²) in [6, 6.07) is 3.75. The number of Topliss-reactive ketones (excluding diaryl/α,β-unsaturated/α-hetero) is 2. The number of ketones is 2. The Balaban J connectivity index is 2.87. The number of ether oxygens (including phenoxy) is 1. The highest BCUT2D eigenvalue weighted by molar-refractivity contribution is 6.28. The van der Waals surface area contributed by atoms with Crippen LogP contribution in [0.5, 0.6) is 5.75 Å². The van der Waals surface area contributed by atoms with E-state index in [4.69, 9.17) is 27.5 Å². The fourth-order valence-electron chi connectivity index (χ4n) is 4.95. The van der Waals surface area contributed by atoms with E-state index < -0.39 is 77.6 Å². The van der Waals surface area contributed by atoms with Gasteiger partial charge >= 0.3 is 24.1 Å². The van der Waals surface area contributed by atoms with Crippen LogP contribution in [0, 0.1) is 5.92 Å². The Morgan fingerprint density at radius 3 is 2.23 bits per heavy atom. The molecule has 0 radical (unpaired) electrons. The number of aryl methyl sites for hydroxylation is 1. The molecule has 0 spiro atoms. The minimum atomic E-state index is -3.08. The van der Waals surface area contributed by atoms with Crippen LogP contribution < -0.4 is 17.2 Å². The summed E-state index contributed by atoms with van der Waals surface area (Å²) in [5.41, 5.74) is 19.9. The van der Waals surface area contributed by atoms with Crippen molar-refractivity contribution in [3.05, 3.63) is 35.4 Å². The highest BCUT2D eigenvalue weighted by Gasteiger charge is 2.75. The molecule has 0 bridgehead atoms. The van der Waals surface area contributed by atoms with E-state index in [0.717, 1.165) is 0 Å². The van der Waals surface area contributed by atoms with E-state index in [2.05, 4.69) is 4.79 Å². The second-order valence-corrected chi connectivity index (χ2v) is 9.88. The molecule has 15 heteroatoms. The Morgan fingerprint density at radius 2 is 1.75 bits per heavy atom. The summed E-state index contributed by atoms with van der Waals surface area (Å²) >= 11 is 0. The summed E-state index contributed by atoms with van der Waals surface area (Å²) in [6.07, 6.45) is -1.75. The maximum atomic E-state index is 14.0. The number of benzene rings is 1. The molecule has 40 heavy (non-hydrogen) atoms. The van der Waals surface area contributed by atoms with Crippen molar-refractivity contribution >= 4 is 35.7 Å².